The van der Waals surface area contributed by atoms with Crippen molar-refractivity contribution in [2.45, 2.75) is 83.6 Å². The van der Waals surface area contributed by atoms with Gasteiger partial charge < -0.3 is 9.69 Å². The fraction of sp³-hybridized carbons (Fsp3) is 0.833. The predicted molar refractivity (Wildman–Crippen MR) is 87.0 cm³/mol. The molecule has 0 amide bonds. The van der Waals surface area contributed by atoms with Crippen molar-refractivity contribution in [1.29, 1.82) is 0 Å². The first-order valence-corrected chi connectivity index (χ1v) is 8.67. The molecular formula is C18H33NO. The lowest BCUT2D eigenvalue weighted by molar-refractivity contribution is -0.108. The quantitative estimate of drug-likeness (QED) is 0.327. The summed E-state index contributed by atoms with van der Waals surface area (Å²) in [4.78, 5) is 13.4. The Morgan fingerprint density at radius 2 is 1.70 bits per heavy atom. The first-order chi connectivity index (χ1) is 9.88. The van der Waals surface area contributed by atoms with Crippen molar-refractivity contribution >= 4 is 6.29 Å². The van der Waals surface area contributed by atoms with Gasteiger partial charge in [-0.25, -0.2) is 0 Å². The van der Waals surface area contributed by atoms with Gasteiger partial charge in [-0.1, -0.05) is 37.8 Å². The Bertz CT molecular complexity index is 254. The summed E-state index contributed by atoms with van der Waals surface area (Å²) in [5.41, 5.74) is 0. The Labute approximate surface area is 125 Å². The Balaban J connectivity index is 2.28. The highest BCUT2D eigenvalue weighted by Gasteiger charge is 2.18. The van der Waals surface area contributed by atoms with Crippen LogP contribution in [0.5, 0.6) is 0 Å². The number of carbonyl (C=O) groups excluding carboxylic acids is 1. The van der Waals surface area contributed by atoms with E-state index in [0.29, 0.717) is 6.04 Å². The molecule has 1 fully saturated rings. The topological polar surface area (TPSA) is 20.3 Å². The van der Waals surface area contributed by atoms with Crippen LogP contribution in [0, 0.1) is 0 Å². The minimum atomic E-state index is 0.653. The van der Waals surface area contributed by atoms with Crippen molar-refractivity contribution in [2.75, 3.05) is 13.1 Å². The molecule has 2 nitrogen and oxygen atoms in total. The van der Waals surface area contributed by atoms with Crippen LogP contribution in [-0.2, 0) is 4.79 Å². The molecule has 1 aliphatic heterocycles. The van der Waals surface area contributed by atoms with Crippen LogP contribution in [0.2, 0.25) is 0 Å². The van der Waals surface area contributed by atoms with E-state index in [1.165, 1.54) is 70.9 Å². The molecule has 1 aliphatic rings. The van der Waals surface area contributed by atoms with Gasteiger partial charge in [-0.05, 0) is 58.5 Å². The van der Waals surface area contributed by atoms with Crippen molar-refractivity contribution in [3.8, 4) is 0 Å². The molecule has 0 aromatic carbocycles. The van der Waals surface area contributed by atoms with Gasteiger partial charge >= 0.3 is 0 Å². The van der Waals surface area contributed by atoms with Gasteiger partial charge in [0.2, 0.25) is 0 Å². The van der Waals surface area contributed by atoms with E-state index >= 15 is 0 Å². The number of allylic oxidation sites excluding steroid dienone is 2. The lowest BCUT2D eigenvalue weighted by atomic mass is 10.0. The molecule has 116 valence electrons. The molecule has 1 atom stereocenters. The molecule has 20 heavy (non-hydrogen) atoms. The van der Waals surface area contributed by atoms with Crippen LogP contribution in [0.15, 0.2) is 12.2 Å². The number of aldehydes is 1. The summed E-state index contributed by atoms with van der Waals surface area (Å²) in [5.74, 6) is 0. The Morgan fingerprint density at radius 1 is 0.950 bits per heavy atom. The van der Waals surface area contributed by atoms with Gasteiger partial charge in [0.05, 0.1) is 0 Å². The Kier molecular flexibility index (Phi) is 10.6. The van der Waals surface area contributed by atoms with Crippen molar-refractivity contribution in [3.63, 3.8) is 0 Å². The minimum Gasteiger partial charge on any atom is -0.303 e. The first-order valence-electron chi connectivity index (χ1n) is 8.67. The molecule has 1 saturated heterocycles. The van der Waals surface area contributed by atoms with Crippen molar-refractivity contribution < 1.29 is 4.79 Å². The monoisotopic (exact) mass is 279 g/mol. The molecule has 0 spiro atoms. The van der Waals surface area contributed by atoms with Gasteiger partial charge in [0, 0.05) is 12.5 Å². The highest BCUT2D eigenvalue weighted by atomic mass is 16.1. The van der Waals surface area contributed by atoms with Gasteiger partial charge in [0.1, 0.15) is 6.29 Å². The Hall–Kier alpha value is -0.630. The highest BCUT2D eigenvalue weighted by molar-refractivity contribution is 5.49. The molecule has 0 aromatic rings. The molecule has 0 aromatic heterocycles. The number of carbonyl (C=O) groups is 1. The van der Waals surface area contributed by atoms with E-state index in [-0.39, 0.29) is 0 Å². The van der Waals surface area contributed by atoms with E-state index < -0.39 is 0 Å². The summed E-state index contributed by atoms with van der Waals surface area (Å²) in [7, 11) is 0. The van der Waals surface area contributed by atoms with E-state index in [4.69, 9.17) is 0 Å². The third-order valence-electron chi connectivity index (χ3n) is 4.42. The zero-order valence-electron chi connectivity index (χ0n) is 13.4. The van der Waals surface area contributed by atoms with E-state index in [1.54, 1.807) is 0 Å². The molecule has 0 aliphatic carbocycles. The molecule has 0 radical (unpaired) electrons. The second-order valence-corrected chi connectivity index (χ2v) is 6.06. The summed E-state index contributed by atoms with van der Waals surface area (Å²) >= 11 is 0. The third kappa shape index (κ3) is 7.84. The zero-order chi connectivity index (χ0) is 14.5. The molecule has 1 unspecified atom stereocenters. The number of nitrogens with zero attached hydrogens (tertiary/aromatic N) is 1. The molecule has 1 heterocycles. The largest absolute Gasteiger partial charge is 0.303 e. The third-order valence-corrected chi connectivity index (χ3v) is 4.42. The van der Waals surface area contributed by atoms with E-state index in [9.17, 15) is 4.79 Å². The highest BCUT2D eigenvalue weighted by Crippen LogP contribution is 2.20. The van der Waals surface area contributed by atoms with Crippen LogP contribution in [0.4, 0.5) is 0 Å². The number of hydrogen-bond acceptors (Lipinski definition) is 2. The second kappa shape index (κ2) is 12.1. The molecule has 1 rings (SSSR count). The van der Waals surface area contributed by atoms with Gasteiger partial charge in [-0.2, -0.15) is 0 Å². The SMILES string of the molecule is CC=CCCCCCC(CCC=O)N1CCCCCC1. The van der Waals surface area contributed by atoms with E-state index in [0.717, 1.165) is 19.1 Å². The van der Waals surface area contributed by atoms with Gasteiger partial charge in [-0.3, -0.25) is 0 Å². The fourth-order valence-electron chi connectivity index (χ4n) is 3.22. The zero-order valence-corrected chi connectivity index (χ0v) is 13.4. The van der Waals surface area contributed by atoms with E-state index in [1.807, 2.05) is 0 Å². The maximum atomic E-state index is 10.7. The lowest BCUT2D eigenvalue weighted by Crippen LogP contribution is -2.36. The van der Waals surface area contributed by atoms with Crippen molar-refractivity contribution in [3.05, 3.63) is 12.2 Å². The normalized spacial score (nSPS) is 19.1. The fourth-order valence-corrected chi connectivity index (χ4v) is 3.22. The summed E-state index contributed by atoms with van der Waals surface area (Å²) in [5, 5.41) is 0. The number of unbranched alkanes of at least 4 members (excludes halogenated alkanes) is 3. The first kappa shape index (κ1) is 17.4. The van der Waals surface area contributed by atoms with Crippen LogP contribution >= 0.6 is 0 Å². The molecular weight excluding hydrogens is 246 g/mol. The summed E-state index contributed by atoms with van der Waals surface area (Å²) < 4.78 is 0. The molecule has 0 N–H and O–H groups in total. The molecule has 0 saturated carbocycles. The average Bonchev–Trinajstić information content (AvgIpc) is 2.75. The summed E-state index contributed by atoms with van der Waals surface area (Å²) in [6.07, 6.45) is 19.2. The molecule has 0 bridgehead atoms. The predicted octanol–water partition coefficient (Wildman–Crippen LogP) is 4.74. The van der Waals surface area contributed by atoms with Gasteiger partial charge in [0.25, 0.3) is 0 Å². The van der Waals surface area contributed by atoms with Crippen molar-refractivity contribution in [1.82, 2.24) is 4.90 Å². The molecule has 2 heteroatoms. The van der Waals surface area contributed by atoms with Crippen molar-refractivity contribution in [2.24, 2.45) is 0 Å². The van der Waals surface area contributed by atoms with Crippen LogP contribution in [0.1, 0.15) is 77.6 Å². The standard InChI is InChI=1S/C18H33NO/c1-2-3-4-5-6-9-13-18(14-12-17-20)19-15-10-7-8-11-16-19/h2-3,17-18H,4-16H2,1H3. The van der Waals surface area contributed by atoms with Gasteiger partial charge in [-0.15, -0.1) is 0 Å². The van der Waals surface area contributed by atoms with Crippen LogP contribution < -0.4 is 0 Å². The summed E-state index contributed by atoms with van der Waals surface area (Å²) in [6, 6.07) is 0.653. The minimum absolute atomic E-state index is 0.653. The number of likely N-dealkylation sites (tertiary alicyclic amines) is 1. The smallest absolute Gasteiger partial charge is 0.120 e. The summed E-state index contributed by atoms with van der Waals surface area (Å²) in [6.45, 7) is 4.60. The van der Waals surface area contributed by atoms with E-state index in [2.05, 4.69) is 24.0 Å². The Morgan fingerprint density at radius 3 is 2.35 bits per heavy atom. The van der Waals surface area contributed by atoms with Crippen LogP contribution in [-0.4, -0.2) is 30.3 Å². The van der Waals surface area contributed by atoms with Gasteiger partial charge in [0.15, 0.2) is 0 Å². The lowest BCUT2D eigenvalue weighted by Gasteiger charge is -2.30. The average molecular weight is 279 g/mol. The maximum absolute atomic E-state index is 10.7. The number of hydrogen-bond donors (Lipinski definition) is 0. The van der Waals surface area contributed by atoms with Crippen LogP contribution in [0.25, 0.3) is 0 Å². The van der Waals surface area contributed by atoms with Crippen LogP contribution in [0.3, 0.4) is 0 Å². The maximum Gasteiger partial charge on any atom is 0.120 e. The second-order valence-electron chi connectivity index (χ2n) is 6.06. The number of rotatable bonds is 10.